The molecule has 1 aliphatic carbocycles. The number of anilines is 1. The zero-order chi connectivity index (χ0) is 39.8. The molecule has 2 aliphatic rings. The number of nitrogens with zero attached hydrogens (tertiary/aromatic N) is 4. The van der Waals surface area contributed by atoms with Gasteiger partial charge in [0.05, 0.1) is 0 Å². The number of aromatic amines is 1. The van der Waals surface area contributed by atoms with Crippen LogP contribution in [0.4, 0.5) is 10.5 Å². The molecule has 1 aromatic heterocycles. The summed E-state index contributed by atoms with van der Waals surface area (Å²) in [6.07, 6.45) is 3.06. The third-order valence-electron chi connectivity index (χ3n) is 10.6. The van der Waals surface area contributed by atoms with Crippen LogP contribution in [0.2, 0.25) is 5.28 Å². The van der Waals surface area contributed by atoms with Crippen molar-refractivity contribution >= 4 is 41.0 Å². The van der Waals surface area contributed by atoms with Crippen LogP contribution >= 0.6 is 11.6 Å². The van der Waals surface area contributed by atoms with E-state index < -0.39 is 17.6 Å². The first-order valence-electron chi connectivity index (χ1n) is 19.5. The highest BCUT2D eigenvalue weighted by atomic mass is 35.5. The average Bonchev–Trinajstić information content (AvgIpc) is 3.62. The maximum atomic E-state index is 14.0. The molecule has 3 amide bonds. The van der Waals surface area contributed by atoms with Crippen molar-refractivity contribution < 1.29 is 23.9 Å². The molecule has 0 unspecified atom stereocenters. The van der Waals surface area contributed by atoms with E-state index in [-0.39, 0.29) is 41.1 Å². The normalized spacial score (nSPS) is 18.2. The fraction of sp³-hybridized carbons (Fsp3) is 0.442. The van der Waals surface area contributed by atoms with E-state index in [1.54, 1.807) is 24.3 Å². The minimum Gasteiger partial charge on any atom is -0.444 e. The van der Waals surface area contributed by atoms with Crippen molar-refractivity contribution in [3.63, 3.8) is 0 Å². The van der Waals surface area contributed by atoms with Crippen LogP contribution in [-0.4, -0.2) is 94.0 Å². The number of H-pyrrole nitrogens is 1. The predicted octanol–water partition coefficient (Wildman–Crippen LogP) is 7.27. The zero-order valence-corrected chi connectivity index (χ0v) is 33.4. The SMILES string of the molecule is CN1CCN(C(=O)c2cccc(-c3cccc(C[C@H](CC(=O)C4CCC(CNC(=O)OC(C)(C)C)CC4)C(=O)Nc4ccc(-c5n[nH]c(Cl)n5)cc4)c3)c2)CC1. The average molecular weight is 782 g/mol. The predicted molar refractivity (Wildman–Crippen MR) is 217 cm³/mol. The van der Waals surface area contributed by atoms with E-state index >= 15 is 0 Å². The molecule has 56 heavy (non-hydrogen) atoms. The Morgan fingerprint density at radius 2 is 1.57 bits per heavy atom. The minimum absolute atomic E-state index is 0.0251. The van der Waals surface area contributed by atoms with Gasteiger partial charge in [0.2, 0.25) is 11.2 Å². The number of piperazine rings is 1. The number of carbonyl (C=O) groups is 4. The van der Waals surface area contributed by atoms with Gasteiger partial charge in [0, 0.05) is 67.8 Å². The van der Waals surface area contributed by atoms with Gasteiger partial charge in [-0.05, 0) is 131 Å². The molecule has 4 aromatic rings. The monoisotopic (exact) mass is 781 g/mol. The summed E-state index contributed by atoms with van der Waals surface area (Å²) in [5, 5.41) is 12.8. The molecule has 0 bridgehead atoms. The fourth-order valence-electron chi connectivity index (χ4n) is 7.40. The van der Waals surface area contributed by atoms with E-state index in [2.05, 4.69) is 37.8 Å². The van der Waals surface area contributed by atoms with Crippen molar-refractivity contribution in [3.05, 3.63) is 89.2 Å². The Morgan fingerprint density at radius 3 is 2.23 bits per heavy atom. The van der Waals surface area contributed by atoms with Crippen LogP contribution in [0.5, 0.6) is 0 Å². The number of hydrogen-bond acceptors (Lipinski definition) is 8. The molecule has 296 valence electrons. The lowest BCUT2D eigenvalue weighted by atomic mass is 9.77. The molecule has 13 heteroatoms. The fourth-order valence-corrected chi connectivity index (χ4v) is 7.52. The highest BCUT2D eigenvalue weighted by Gasteiger charge is 2.31. The summed E-state index contributed by atoms with van der Waals surface area (Å²) in [6, 6.07) is 22.8. The number of rotatable bonds is 12. The molecule has 0 spiro atoms. The number of hydrogen-bond donors (Lipinski definition) is 3. The molecule has 3 N–H and O–H groups in total. The molecule has 2 heterocycles. The van der Waals surface area contributed by atoms with Gasteiger partial charge in [-0.2, -0.15) is 10.1 Å². The lowest BCUT2D eigenvalue weighted by Crippen LogP contribution is -2.47. The smallest absolute Gasteiger partial charge is 0.407 e. The second-order valence-electron chi connectivity index (χ2n) is 16.1. The van der Waals surface area contributed by atoms with Gasteiger partial charge in [-0.3, -0.25) is 14.4 Å². The molecular formula is C43H52ClN7O5. The number of aromatic nitrogens is 3. The van der Waals surface area contributed by atoms with Crippen LogP contribution in [-0.2, 0) is 20.7 Å². The number of benzene rings is 3. The zero-order valence-electron chi connectivity index (χ0n) is 32.6. The second kappa shape index (κ2) is 18.3. The summed E-state index contributed by atoms with van der Waals surface area (Å²) in [7, 11) is 2.07. The number of likely N-dealkylation sites (N-methyl/N-ethyl adjacent to an activating group) is 1. The number of alkyl carbamates (subject to hydrolysis) is 1. The largest absolute Gasteiger partial charge is 0.444 e. The molecule has 0 radical (unpaired) electrons. The molecule has 1 aliphatic heterocycles. The van der Waals surface area contributed by atoms with E-state index in [0.29, 0.717) is 56.0 Å². The number of ketones is 1. The van der Waals surface area contributed by atoms with Gasteiger partial charge in [-0.15, -0.1) is 0 Å². The molecule has 1 saturated heterocycles. The second-order valence-corrected chi connectivity index (χ2v) is 16.4. The van der Waals surface area contributed by atoms with Crippen molar-refractivity contribution in [1.29, 1.82) is 0 Å². The van der Waals surface area contributed by atoms with E-state index in [1.807, 2.05) is 74.2 Å². The first kappa shape index (κ1) is 40.6. The standard InChI is InChI=1S/C43H52ClN7O5/c1-43(2,3)56-42(55)45-27-28-11-13-30(14-12-28)37(52)26-35(39(53)46-36-17-15-31(16-18-36)38-47-41(44)49-48-38)24-29-7-5-8-32(23-29)33-9-6-10-34(25-33)40(54)51-21-19-50(4)20-22-51/h5-10,15-18,23,25,28,30,35H,11-14,19-22,24,26-27H2,1-4H3,(H,45,55)(H,46,53)(H,47,48,49)/t28?,30?,35-/m1/s1. The Bertz CT molecular complexity index is 1990. The van der Waals surface area contributed by atoms with Crippen LogP contribution < -0.4 is 10.6 Å². The van der Waals surface area contributed by atoms with E-state index in [0.717, 1.165) is 48.2 Å². The topological polar surface area (TPSA) is 150 Å². The lowest BCUT2D eigenvalue weighted by molar-refractivity contribution is -0.129. The number of ether oxygens (including phenoxy) is 1. The van der Waals surface area contributed by atoms with Gasteiger partial charge in [-0.1, -0.05) is 36.4 Å². The number of nitrogens with one attached hydrogen (secondary N) is 3. The third kappa shape index (κ3) is 11.3. The summed E-state index contributed by atoms with van der Waals surface area (Å²) in [4.78, 5) is 61.8. The molecule has 1 saturated carbocycles. The number of Topliss-reactive ketones (excluding diaryl/α,β-unsaturated/α-hetero) is 1. The van der Waals surface area contributed by atoms with Crippen molar-refractivity contribution in [2.75, 3.05) is 45.1 Å². The summed E-state index contributed by atoms with van der Waals surface area (Å²) >= 11 is 5.91. The van der Waals surface area contributed by atoms with Crippen LogP contribution in [0.3, 0.4) is 0 Å². The van der Waals surface area contributed by atoms with E-state index in [4.69, 9.17) is 16.3 Å². The summed E-state index contributed by atoms with van der Waals surface area (Å²) in [5.41, 5.74) is 4.17. The van der Waals surface area contributed by atoms with Crippen LogP contribution in [0.1, 0.15) is 68.8 Å². The summed E-state index contributed by atoms with van der Waals surface area (Å²) in [5.74, 6) is -0.208. The quantitative estimate of drug-likeness (QED) is 0.136. The van der Waals surface area contributed by atoms with Gasteiger partial charge < -0.3 is 25.2 Å². The Balaban J connectivity index is 1.14. The van der Waals surface area contributed by atoms with Gasteiger partial charge in [0.15, 0.2) is 5.82 Å². The highest BCUT2D eigenvalue weighted by Crippen LogP contribution is 2.32. The van der Waals surface area contributed by atoms with Gasteiger partial charge in [0.25, 0.3) is 5.91 Å². The maximum absolute atomic E-state index is 14.0. The Hall–Kier alpha value is -5.07. The van der Waals surface area contributed by atoms with Gasteiger partial charge >= 0.3 is 6.09 Å². The Kier molecular flexibility index (Phi) is 13.2. The number of halogens is 1. The highest BCUT2D eigenvalue weighted by molar-refractivity contribution is 6.28. The molecule has 1 atom stereocenters. The molecule has 3 aromatic carbocycles. The molecule has 2 fully saturated rings. The molecule has 6 rings (SSSR count). The minimum atomic E-state index is -0.624. The Labute approximate surface area is 333 Å². The maximum Gasteiger partial charge on any atom is 0.407 e. The van der Waals surface area contributed by atoms with Crippen molar-refractivity contribution in [2.24, 2.45) is 17.8 Å². The number of amides is 3. The van der Waals surface area contributed by atoms with E-state index in [1.165, 1.54) is 0 Å². The first-order valence-corrected chi connectivity index (χ1v) is 19.8. The Morgan fingerprint density at radius 1 is 0.893 bits per heavy atom. The van der Waals surface area contributed by atoms with Crippen LogP contribution in [0.25, 0.3) is 22.5 Å². The van der Waals surface area contributed by atoms with Crippen molar-refractivity contribution in [1.82, 2.24) is 30.3 Å². The van der Waals surface area contributed by atoms with Crippen molar-refractivity contribution in [2.45, 2.75) is 64.9 Å². The third-order valence-corrected chi connectivity index (χ3v) is 10.7. The van der Waals surface area contributed by atoms with E-state index in [9.17, 15) is 19.2 Å². The lowest BCUT2D eigenvalue weighted by Gasteiger charge is -2.32. The van der Waals surface area contributed by atoms with Crippen molar-refractivity contribution in [3.8, 4) is 22.5 Å². The summed E-state index contributed by atoms with van der Waals surface area (Å²) in [6.45, 7) is 9.10. The molecule has 12 nitrogen and oxygen atoms in total. The van der Waals surface area contributed by atoms with Gasteiger partial charge in [0.1, 0.15) is 11.4 Å². The van der Waals surface area contributed by atoms with Gasteiger partial charge in [-0.25, -0.2) is 9.89 Å². The number of carbonyl (C=O) groups excluding carboxylic acids is 4. The van der Waals surface area contributed by atoms with Crippen LogP contribution in [0.15, 0.2) is 72.8 Å². The van der Waals surface area contributed by atoms with Crippen LogP contribution in [0, 0.1) is 17.8 Å². The summed E-state index contributed by atoms with van der Waals surface area (Å²) < 4.78 is 5.38. The molecular weight excluding hydrogens is 730 g/mol. The first-order chi connectivity index (χ1) is 26.8.